The summed E-state index contributed by atoms with van der Waals surface area (Å²) in [6.45, 7) is 5.34. The number of benzene rings is 1. The minimum absolute atomic E-state index is 0.0372. The summed E-state index contributed by atoms with van der Waals surface area (Å²) in [4.78, 5) is 42.7. The summed E-state index contributed by atoms with van der Waals surface area (Å²) in [5.41, 5.74) is 6.55. The van der Waals surface area contributed by atoms with E-state index in [0.29, 0.717) is 43.7 Å². The maximum atomic E-state index is 13.9. The molecule has 1 fully saturated rings. The number of nitrogens with one attached hydrogen (secondary N) is 1. The summed E-state index contributed by atoms with van der Waals surface area (Å²) in [5.74, 6) is -0.697. The van der Waals surface area contributed by atoms with Crippen molar-refractivity contribution in [3.8, 4) is 0 Å². The number of H-pyrrole nitrogens is 1. The Labute approximate surface area is 162 Å². The van der Waals surface area contributed by atoms with Gasteiger partial charge in [-0.2, -0.15) is 0 Å². The molecule has 150 valence electrons. The minimum Gasteiger partial charge on any atom is -0.339 e. The predicted molar refractivity (Wildman–Crippen MR) is 104 cm³/mol. The first kappa shape index (κ1) is 20.0. The lowest BCUT2D eigenvalue weighted by Gasteiger charge is -2.35. The molecule has 0 bridgehead atoms. The van der Waals surface area contributed by atoms with Gasteiger partial charge in [0.1, 0.15) is 5.82 Å². The lowest BCUT2D eigenvalue weighted by Crippen LogP contribution is -2.53. The highest BCUT2D eigenvalue weighted by Gasteiger charge is 2.25. The summed E-state index contributed by atoms with van der Waals surface area (Å²) in [6.07, 6.45) is 0.593. The fourth-order valence-corrected chi connectivity index (χ4v) is 3.53. The van der Waals surface area contributed by atoms with Crippen LogP contribution >= 0.6 is 0 Å². The molecule has 0 spiro atoms. The van der Waals surface area contributed by atoms with E-state index in [-0.39, 0.29) is 23.6 Å². The Balaban J connectivity index is 1.63. The van der Waals surface area contributed by atoms with Crippen molar-refractivity contribution in [2.75, 3.05) is 26.2 Å². The Morgan fingerprint density at radius 2 is 1.86 bits per heavy atom. The van der Waals surface area contributed by atoms with Crippen LogP contribution in [0.2, 0.25) is 0 Å². The fourth-order valence-electron chi connectivity index (χ4n) is 3.53. The maximum Gasteiger partial charge on any atom is 0.259 e. The molecule has 0 saturated carbocycles. The van der Waals surface area contributed by atoms with Crippen molar-refractivity contribution < 1.29 is 14.0 Å². The Kier molecular flexibility index (Phi) is 5.79. The first-order chi connectivity index (χ1) is 13.3. The van der Waals surface area contributed by atoms with Gasteiger partial charge in [-0.15, -0.1) is 0 Å². The zero-order chi connectivity index (χ0) is 20.4. The minimum atomic E-state index is -0.552. The zero-order valence-electron chi connectivity index (χ0n) is 16.1. The molecule has 2 aromatic rings. The Bertz CT molecular complexity index is 962. The first-order valence-electron chi connectivity index (χ1n) is 9.41. The Hall–Kier alpha value is -2.74. The third-order valence-electron chi connectivity index (χ3n) is 5.17. The molecule has 1 aromatic carbocycles. The molecule has 8 heteroatoms. The second-order valence-electron chi connectivity index (χ2n) is 7.27. The van der Waals surface area contributed by atoms with Gasteiger partial charge in [-0.05, 0) is 43.4 Å². The van der Waals surface area contributed by atoms with E-state index in [1.54, 1.807) is 28.9 Å². The summed E-state index contributed by atoms with van der Waals surface area (Å²) >= 11 is 0. The van der Waals surface area contributed by atoms with E-state index in [0.717, 1.165) is 5.56 Å². The molecule has 1 aliphatic rings. The molecular weight excluding hydrogens is 363 g/mol. The van der Waals surface area contributed by atoms with Crippen LogP contribution in [0, 0.1) is 12.7 Å². The van der Waals surface area contributed by atoms with Crippen molar-refractivity contribution in [1.82, 2.24) is 14.8 Å². The molecule has 28 heavy (non-hydrogen) atoms. The van der Waals surface area contributed by atoms with Crippen molar-refractivity contribution in [1.29, 1.82) is 0 Å². The topological polar surface area (TPSA) is 99.5 Å². The molecule has 1 aromatic heterocycles. The molecule has 0 aliphatic carbocycles. The van der Waals surface area contributed by atoms with Crippen LogP contribution in [0.15, 0.2) is 23.0 Å². The second-order valence-corrected chi connectivity index (χ2v) is 7.27. The Morgan fingerprint density at radius 1 is 1.21 bits per heavy atom. The van der Waals surface area contributed by atoms with Crippen LogP contribution in [0.5, 0.6) is 0 Å². The summed E-state index contributed by atoms with van der Waals surface area (Å²) in [5, 5.41) is 0.610. The molecule has 2 amide bonds. The third kappa shape index (κ3) is 4.06. The van der Waals surface area contributed by atoms with Gasteiger partial charge >= 0.3 is 0 Å². The predicted octanol–water partition coefficient (Wildman–Crippen LogP) is 0.926. The number of hydrogen-bond acceptors (Lipinski definition) is 4. The van der Waals surface area contributed by atoms with E-state index in [9.17, 15) is 18.8 Å². The maximum absolute atomic E-state index is 13.9. The van der Waals surface area contributed by atoms with Gasteiger partial charge in [0.25, 0.3) is 5.56 Å². The van der Waals surface area contributed by atoms with Crippen molar-refractivity contribution in [3.05, 3.63) is 45.6 Å². The van der Waals surface area contributed by atoms with Gasteiger partial charge in [-0.1, -0.05) is 6.07 Å². The van der Waals surface area contributed by atoms with E-state index >= 15 is 0 Å². The molecule has 3 rings (SSSR count). The molecule has 3 N–H and O–H groups in total. The van der Waals surface area contributed by atoms with Crippen molar-refractivity contribution in [3.63, 3.8) is 0 Å². The molecule has 1 unspecified atom stereocenters. The zero-order valence-corrected chi connectivity index (χ0v) is 16.1. The highest BCUT2D eigenvalue weighted by atomic mass is 19.1. The van der Waals surface area contributed by atoms with Crippen molar-refractivity contribution in [2.45, 2.75) is 32.7 Å². The lowest BCUT2D eigenvalue weighted by molar-refractivity contribution is -0.140. The number of rotatable bonds is 4. The SMILES string of the molecule is Cc1ccc(F)c2c(=O)[nH]c(CCC(=O)N3CCN(C(=O)C(C)N)CC3)cc12. The number of aryl methyl sites for hydroxylation is 2. The van der Waals surface area contributed by atoms with Crippen LogP contribution in [-0.2, 0) is 16.0 Å². The van der Waals surface area contributed by atoms with E-state index in [4.69, 9.17) is 5.73 Å². The summed E-state index contributed by atoms with van der Waals surface area (Å²) in [7, 11) is 0. The van der Waals surface area contributed by atoms with Gasteiger partial charge in [-0.3, -0.25) is 14.4 Å². The molecule has 1 saturated heterocycles. The average Bonchev–Trinajstić information content (AvgIpc) is 2.68. The number of nitrogens with two attached hydrogens (primary N) is 1. The second kappa shape index (κ2) is 8.10. The quantitative estimate of drug-likeness (QED) is 0.814. The standard InChI is InChI=1S/C20H25FN4O3/c1-12-3-5-16(21)18-15(12)11-14(23-19(18)27)4-6-17(26)24-7-9-25(10-8-24)20(28)13(2)22/h3,5,11,13H,4,6-10,22H2,1-2H3,(H,23,27). The number of halogens is 1. The molecule has 0 radical (unpaired) electrons. The highest BCUT2D eigenvalue weighted by Crippen LogP contribution is 2.19. The van der Waals surface area contributed by atoms with Crippen LogP contribution in [-0.4, -0.2) is 58.8 Å². The third-order valence-corrected chi connectivity index (χ3v) is 5.17. The van der Waals surface area contributed by atoms with Gasteiger partial charge in [0.05, 0.1) is 11.4 Å². The van der Waals surface area contributed by atoms with Gasteiger partial charge in [-0.25, -0.2) is 4.39 Å². The largest absolute Gasteiger partial charge is 0.339 e. The van der Waals surface area contributed by atoms with Crippen LogP contribution in [0.3, 0.4) is 0 Å². The smallest absolute Gasteiger partial charge is 0.259 e. The van der Waals surface area contributed by atoms with Crippen LogP contribution < -0.4 is 11.3 Å². The molecular formula is C20H25FN4O3. The van der Waals surface area contributed by atoms with Crippen molar-refractivity contribution in [2.24, 2.45) is 5.73 Å². The lowest BCUT2D eigenvalue weighted by atomic mass is 10.0. The number of nitrogens with zero attached hydrogens (tertiary/aromatic N) is 2. The number of fused-ring (bicyclic) bond motifs is 1. The molecule has 1 atom stereocenters. The van der Waals surface area contributed by atoms with E-state index < -0.39 is 17.4 Å². The van der Waals surface area contributed by atoms with Gasteiger partial charge < -0.3 is 20.5 Å². The number of carbonyl (C=O) groups is 2. The van der Waals surface area contributed by atoms with Crippen molar-refractivity contribution >= 4 is 22.6 Å². The number of pyridine rings is 1. The molecule has 1 aliphatic heterocycles. The van der Waals surface area contributed by atoms with Gasteiger partial charge in [0.2, 0.25) is 11.8 Å². The van der Waals surface area contributed by atoms with Crippen LogP contribution in [0.25, 0.3) is 10.8 Å². The van der Waals surface area contributed by atoms with E-state index in [1.165, 1.54) is 6.07 Å². The van der Waals surface area contributed by atoms with Gasteiger partial charge in [0.15, 0.2) is 0 Å². The van der Waals surface area contributed by atoms with Crippen LogP contribution in [0.4, 0.5) is 4.39 Å². The summed E-state index contributed by atoms with van der Waals surface area (Å²) in [6, 6.07) is 4.11. The van der Waals surface area contributed by atoms with E-state index in [2.05, 4.69) is 4.98 Å². The average molecular weight is 388 g/mol. The number of aromatic nitrogens is 1. The normalized spacial score (nSPS) is 15.7. The van der Waals surface area contributed by atoms with E-state index in [1.807, 2.05) is 6.92 Å². The monoisotopic (exact) mass is 388 g/mol. The fraction of sp³-hybridized carbons (Fsp3) is 0.450. The summed E-state index contributed by atoms with van der Waals surface area (Å²) < 4.78 is 13.9. The number of piperazine rings is 1. The molecule has 7 nitrogen and oxygen atoms in total. The highest BCUT2D eigenvalue weighted by molar-refractivity contribution is 5.86. The molecule has 2 heterocycles. The van der Waals surface area contributed by atoms with Gasteiger partial charge in [0, 0.05) is 38.3 Å². The number of amides is 2. The number of hydrogen-bond donors (Lipinski definition) is 2. The van der Waals surface area contributed by atoms with Crippen LogP contribution in [0.1, 0.15) is 24.6 Å². The number of aromatic amines is 1. The Morgan fingerprint density at radius 3 is 2.50 bits per heavy atom. The number of carbonyl (C=O) groups excluding carboxylic acids is 2. The first-order valence-corrected chi connectivity index (χ1v) is 9.41.